The summed E-state index contributed by atoms with van der Waals surface area (Å²) in [6.07, 6.45) is 6.97. The van der Waals surface area contributed by atoms with Crippen molar-refractivity contribution < 1.29 is 9.18 Å². The molecule has 0 radical (unpaired) electrons. The maximum absolute atomic E-state index is 12.9. The lowest BCUT2D eigenvalue weighted by atomic mass is 9.94. The Morgan fingerprint density at radius 2 is 2.25 bits per heavy atom. The van der Waals surface area contributed by atoms with Crippen molar-refractivity contribution in [3.8, 4) is 0 Å². The van der Waals surface area contributed by atoms with Gasteiger partial charge in [-0.3, -0.25) is 4.79 Å². The molecule has 0 fully saturated rings. The minimum Gasteiger partial charge on any atom is -0.350 e. The monoisotopic (exact) mass is 295 g/mol. The van der Waals surface area contributed by atoms with Crippen molar-refractivity contribution in [1.29, 1.82) is 0 Å². The molecule has 0 bridgehead atoms. The number of hydrogen-bond donors (Lipinski definition) is 1. The van der Waals surface area contributed by atoms with E-state index in [-0.39, 0.29) is 24.2 Å². The third-order valence-electron chi connectivity index (χ3n) is 3.63. The van der Waals surface area contributed by atoms with Crippen LogP contribution in [-0.2, 0) is 11.2 Å². The van der Waals surface area contributed by atoms with Crippen molar-refractivity contribution in [2.75, 3.05) is 0 Å². The summed E-state index contributed by atoms with van der Waals surface area (Å²) in [5.74, 6) is -0.475. The van der Waals surface area contributed by atoms with Crippen LogP contribution < -0.4 is 5.32 Å². The third kappa shape index (κ3) is 4.07. The molecule has 1 atom stereocenters. The number of carbonyl (C=O) groups excluding carboxylic acids is 1. The van der Waals surface area contributed by atoms with Crippen LogP contribution in [0.15, 0.2) is 29.8 Å². The highest BCUT2D eigenvalue weighted by molar-refractivity contribution is 6.31. The molecule has 4 heteroatoms. The molecule has 2 nitrogen and oxygen atoms in total. The number of benzene rings is 1. The lowest BCUT2D eigenvalue weighted by Crippen LogP contribution is -2.35. The molecule has 0 saturated carbocycles. The maximum atomic E-state index is 12.9. The normalized spacial score (nSPS) is 16.4. The Balaban J connectivity index is 1.93. The Morgan fingerprint density at radius 3 is 2.90 bits per heavy atom. The van der Waals surface area contributed by atoms with E-state index in [0.717, 1.165) is 12.8 Å². The summed E-state index contributed by atoms with van der Waals surface area (Å²) < 4.78 is 12.9. The zero-order chi connectivity index (χ0) is 14.5. The first-order valence-electron chi connectivity index (χ1n) is 6.98. The van der Waals surface area contributed by atoms with Gasteiger partial charge in [0.15, 0.2) is 0 Å². The molecule has 1 N–H and O–H groups in total. The molecule has 108 valence electrons. The Labute approximate surface area is 124 Å². The minimum absolute atomic E-state index is 0.0574. The number of rotatable bonds is 4. The van der Waals surface area contributed by atoms with Gasteiger partial charge in [0.25, 0.3) is 0 Å². The molecule has 0 aromatic heterocycles. The van der Waals surface area contributed by atoms with E-state index in [0.29, 0.717) is 10.6 Å². The van der Waals surface area contributed by atoms with E-state index in [4.69, 9.17) is 11.6 Å². The van der Waals surface area contributed by atoms with Crippen LogP contribution >= 0.6 is 11.6 Å². The first-order valence-corrected chi connectivity index (χ1v) is 7.36. The zero-order valence-corrected chi connectivity index (χ0v) is 12.3. The molecule has 1 aliphatic rings. The van der Waals surface area contributed by atoms with Crippen LogP contribution in [0.25, 0.3) is 0 Å². The first kappa shape index (κ1) is 15.0. The summed E-state index contributed by atoms with van der Waals surface area (Å²) in [6, 6.07) is 4.17. The highest BCUT2D eigenvalue weighted by Crippen LogP contribution is 2.21. The minimum atomic E-state index is -0.389. The number of carbonyl (C=O) groups is 1. The van der Waals surface area contributed by atoms with Gasteiger partial charge in [0.2, 0.25) is 5.91 Å². The van der Waals surface area contributed by atoms with Crippen LogP contribution in [0.2, 0.25) is 5.02 Å². The van der Waals surface area contributed by atoms with Crippen molar-refractivity contribution in [1.82, 2.24) is 5.32 Å². The maximum Gasteiger partial charge on any atom is 0.224 e. The van der Waals surface area contributed by atoms with E-state index >= 15 is 0 Å². The Morgan fingerprint density at radius 1 is 1.45 bits per heavy atom. The van der Waals surface area contributed by atoms with Crippen molar-refractivity contribution in [2.45, 2.75) is 45.1 Å². The van der Waals surface area contributed by atoms with Crippen LogP contribution in [0, 0.1) is 5.82 Å². The molecule has 0 spiro atoms. The molecule has 0 heterocycles. The van der Waals surface area contributed by atoms with E-state index in [1.54, 1.807) is 6.07 Å². The summed E-state index contributed by atoms with van der Waals surface area (Å²) in [6.45, 7) is 2.00. The van der Waals surface area contributed by atoms with E-state index < -0.39 is 0 Å². The van der Waals surface area contributed by atoms with Crippen LogP contribution in [0.4, 0.5) is 4.39 Å². The van der Waals surface area contributed by atoms with Crippen molar-refractivity contribution in [3.05, 3.63) is 46.3 Å². The summed E-state index contributed by atoms with van der Waals surface area (Å²) in [7, 11) is 0. The predicted octanol–water partition coefficient (Wildman–Crippen LogP) is 4.03. The molecule has 2 rings (SSSR count). The van der Waals surface area contributed by atoms with Gasteiger partial charge >= 0.3 is 0 Å². The number of hydrogen-bond acceptors (Lipinski definition) is 1. The fourth-order valence-corrected chi connectivity index (χ4v) is 2.71. The molecule has 1 unspecified atom stereocenters. The lowest BCUT2D eigenvalue weighted by molar-refractivity contribution is -0.120. The highest BCUT2D eigenvalue weighted by Gasteiger charge is 2.15. The van der Waals surface area contributed by atoms with Gasteiger partial charge in [-0.2, -0.15) is 0 Å². The van der Waals surface area contributed by atoms with E-state index in [2.05, 4.69) is 11.4 Å². The van der Waals surface area contributed by atoms with Gasteiger partial charge in [-0.05, 0) is 50.3 Å². The Kier molecular flexibility index (Phi) is 5.18. The number of amides is 1. The number of halogens is 2. The van der Waals surface area contributed by atoms with Crippen LogP contribution in [0.1, 0.15) is 38.2 Å². The molecular weight excluding hydrogens is 277 g/mol. The molecule has 1 aliphatic carbocycles. The molecule has 1 amide bonds. The van der Waals surface area contributed by atoms with Gasteiger partial charge in [0, 0.05) is 11.1 Å². The Hall–Kier alpha value is -1.35. The topological polar surface area (TPSA) is 29.1 Å². The third-order valence-corrected chi connectivity index (χ3v) is 3.98. The largest absolute Gasteiger partial charge is 0.350 e. The lowest BCUT2D eigenvalue weighted by Gasteiger charge is -2.21. The molecule has 20 heavy (non-hydrogen) atoms. The van der Waals surface area contributed by atoms with Crippen LogP contribution in [0.3, 0.4) is 0 Å². The molecule has 0 aliphatic heterocycles. The molecule has 0 saturated heterocycles. The number of nitrogens with one attached hydrogen (secondary N) is 1. The summed E-state index contributed by atoms with van der Waals surface area (Å²) in [4.78, 5) is 12.0. The highest BCUT2D eigenvalue weighted by atomic mass is 35.5. The fourth-order valence-electron chi connectivity index (χ4n) is 2.48. The van der Waals surface area contributed by atoms with Gasteiger partial charge < -0.3 is 5.32 Å². The second kappa shape index (κ2) is 6.89. The van der Waals surface area contributed by atoms with Gasteiger partial charge in [0.05, 0.1) is 6.42 Å². The molecule has 1 aromatic rings. The predicted molar refractivity (Wildman–Crippen MR) is 79.3 cm³/mol. The zero-order valence-electron chi connectivity index (χ0n) is 11.6. The van der Waals surface area contributed by atoms with E-state index in [1.165, 1.54) is 30.5 Å². The van der Waals surface area contributed by atoms with Gasteiger partial charge in [-0.25, -0.2) is 4.39 Å². The molecule has 1 aromatic carbocycles. The summed E-state index contributed by atoms with van der Waals surface area (Å²) >= 11 is 5.93. The van der Waals surface area contributed by atoms with Gasteiger partial charge in [-0.15, -0.1) is 0 Å². The molecular formula is C16H19ClFNO. The van der Waals surface area contributed by atoms with E-state index in [9.17, 15) is 9.18 Å². The summed E-state index contributed by atoms with van der Waals surface area (Å²) in [5.41, 5.74) is 1.95. The van der Waals surface area contributed by atoms with Gasteiger partial charge in [-0.1, -0.05) is 29.3 Å². The smallest absolute Gasteiger partial charge is 0.224 e. The van der Waals surface area contributed by atoms with Crippen molar-refractivity contribution in [3.63, 3.8) is 0 Å². The van der Waals surface area contributed by atoms with Crippen LogP contribution in [-0.4, -0.2) is 11.9 Å². The average Bonchev–Trinajstić information content (AvgIpc) is 2.43. The summed E-state index contributed by atoms with van der Waals surface area (Å²) in [5, 5.41) is 3.28. The SMILES string of the molecule is CC(NC(=O)Cc1ccc(F)cc1Cl)C1=CCCCC1. The van der Waals surface area contributed by atoms with Crippen molar-refractivity contribution in [2.24, 2.45) is 0 Å². The van der Waals surface area contributed by atoms with Gasteiger partial charge in [0.1, 0.15) is 5.82 Å². The van der Waals surface area contributed by atoms with Crippen LogP contribution in [0.5, 0.6) is 0 Å². The second-order valence-corrected chi connectivity index (χ2v) is 5.63. The standard InChI is InChI=1S/C16H19ClFNO/c1-11(12-5-3-2-4-6-12)19-16(20)9-13-7-8-14(18)10-15(13)17/h5,7-8,10-11H,2-4,6,9H2,1H3,(H,19,20). The van der Waals surface area contributed by atoms with Crippen molar-refractivity contribution >= 4 is 17.5 Å². The Bertz CT molecular complexity index is 527. The fraction of sp³-hybridized carbons (Fsp3) is 0.438. The average molecular weight is 296 g/mol. The van der Waals surface area contributed by atoms with E-state index in [1.807, 2.05) is 6.92 Å². The first-order chi connectivity index (χ1) is 9.56. The number of allylic oxidation sites excluding steroid dienone is 1. The second-order valence-electron chi connectivity index (χ2n) is 5.23. The quantitative estimate of drug-likeness (QED) is 0.835.